The first-order chi connectivity index (χ1) is 6.37. The van der Waals surface area contributed by atoms with Gasteiger partial charge in [-0.15, -0.1) is 0 Å². The summed E-state index contributed by atoms with van der Waals surface area (Å²) >= 11 is 1.68. The molecule has 0 aromatic carbocycles. The zero-order valence-electron chi connectivity index (χ0n) is 9.24. The van der Waals surface area contributed by atoms with Crippen LogP contribution in [0.3, 0.4) is 0 Å². The molecule has 4 nitrogen and oxygen atoms in total. The number of nitrogens with zero attached hydrogens (tertiary/aromatic N) is 1. The minimum absolute atomic E-state index is 0.315. The van der Waals surface area contributed by atoms with Crippen molar-refractivity contribution < 1.29 is 14.7 Å². The molecule has 0 heterocycles. The van der Waals surface area contributed by atoms with Crippen molar-refractivity contribution in [3.8, 4) is 0 Å². The van der Waals surface area contributed by atoms with Crippen LogP contribution in [0.4, 0.5) is 4.79 Å². The van der Waals surface area contributed by atoms with Crippen molar-refractivity contribution in [1.29, 1.82) is 0 Å². The lowest BCUT2D eigenvalue weighted by molar-refractivity contribution is -0.0934. The third-order valence-corrected chi connectivity index (χ3v) is 2.02. The summed E-state index contributed by atoms with van der Waals surface area (Å²) in [6.07, 6.45) is 2.06. The lowest BCUT2D eigenvalue weighted by Gasteiger charge is -2.23. The average Bonchev–Trinajstić information content (AvgIpc) is 2.01. The van der Waals surface area contributed by atoms with E-state index >= 15 is 0 Å². The first kappa shape index (κ1) is 13.6. The Labute approximate surface area is 89.6 Å². The summed E-state index contributed by atoms with van der Waals surface area (Å²) in [5.74, 6) is 0.917. The van der Waals surface area contributed by atoms with E-state index < -0.39 is 11.7 Å². The van der Waals surface area contributed by atoms with E-state index in [1.165, 1.54) is 0 Å². The molecule has 0 unspecified atom stereocenters. The smallest absolute Gasteiger partial charge is 0.434 e. The molecule has 0 fully saturated rings. The minimum Gasteiger partial charge on any atom is -0.442 e. The van der Waals surface area contributed by atoms with Crippen molar-refractivity contribution >= 4 is 17.9 Å². The number of hydroxylamine groups is 2. The van der Waals surface area contributed by atoms with Crippen molar-refractivity contribution in [3.63, 3.8) is 0 Å². The van der Waals surface area contributed by atoms with E-state index in [0.29, 0.717) is 11.6 Å². The second kappa shape index (κ2) is 6.14. The Morgan fingerprint density at radius 3 is 2.50 bits per heavy atom. The zero-order chi connectivity index (χ0) is 11.2. The van der Waals surface area contributed by atoms with Crippen LogP contribution in [-0.4, -0.2) is 40.5 Å². The zero-order valence-corrected chi connectivity index (χ0v) is 10.1. The molecule has 0 aliphatic heterocycles. The van der Waals surface area contributed by atoms with Gasteiger partial charge in [-0.2, -0.15) is 16.8 Å². The maximum Gasteiger partial charge on any atom is 0.434 e. The Kier molecular flexibility index (Phi) is 5.95. The lowest BCUT2D eigenvalue weighted by Crippen LogP contribution is -2.35. The Bertz CT molecular complexity index is 179. The third kappa shape index (κ3) is 7.03. The summed E-state index contributed by atoms with van der Waals surface area (Å²) in [7, 11) is 0. The number of hydrogen-bond donors (Lipinski definition) is 1. The number of amides is 1. The molecule has 0 aromatic rings. The molecule has 0 bridgehead atoms. The number of carbonyl (C=O) groups is 1. The molecular weight excluding hydrogens is 202 g/mol. The van der Waals surface area contributed by atoms with Crippen molar-refractivity contribution in [2.45, 2.75) is 32.8 Å². The minimum atomic E-state index is -0.682. The summed E-state index contributed by atoms with van der Waals surface area (Å²) in [6, 6.07) is 0. The quantitative estimate of drug-likeness (QED) is 0.450. The summed E-state index contributed by atoms with van der Waals surface area (Å²) in [4.78, 5) is 11.2. The van der Waals surface area contributed by atoms with Gasteiger partial charge in [-0.1, -0.05) is 0 Å². The number of ether oxygens (including phenoxy) is 1. The number of carbonyl (C=O) groups excluding carboxylic acids is 1. The molecule has 1 amide bonds. The van der Waals surface area contributed by atoms with Gasteiger partial charge in [0.1, 0.15) is 5.60 Å². The molecule has 0 rings (SSSR count). The highest BCUT2D eigenvalue weighted by atomic mass is 32.2. The van der Waals surface area contributed by atoms with Gasteiger partial charge in [-0.3, -0.25) is 5.21 Å². The summed E-state index contributed by atoms with van der Waals surface area (Å²) < 4.78 is 4.96. The molecular formula is C9H19NO3S. The Hall–Kier alpha value is -0.420. The van der Waals surface area contributed by atoms with Crippen LogP contribution in [0.2, 0.25) is 0 Å². The normalized spacial score (nSPS) is 11.2. The van der Waals surface area contributed by atoms with Crippen molar-refractivity contribution in [1.82, 2.24) is 5.06 Å². The monoisotopic (exact) mass is 221 g/mol. The summed E-state index contributed by atoms with van der Waals surface area (Å²) in [6.45, 7) is 5.61. The third-order valence-electron chi connectivity index (χ3n) is 1.32. The van der Waals surface area contributed by atoms with Crippen molar-refractivity contribution in [2.75, 3.05) is 18.6 Å². The second-order valence-electron chi connectivity index (χ2n) is 3.95. The van der Waals surface area contributed by atoms with E-state index in [-0.39, 0.29) is 0 Å². The van der Waals surface area contributed by atoms with Crippen LogP contribution in [0, 0.1) is 0 Å². The molecule has 0 saturated heterocycles. The highest BCUT2D eigenvalue weighted by Crippen LogP contribution is 2.09. The predicted molar refractivity (Wildman–Crippen MR) is 57.7 cm³/mol. The van der Waals surface area contributed by atoms with Gasteiger partial charge in [-0.25, -0.2) is 4.79 Å². The fraction of sp³-hybridized carbons (Fsp3) is 0.889. The largest absolute Gasteiger partial charge is 0.442 e. The fourth-order valence-corrected chi connectivity index (χ4v) is 1.18. The highest BCUT2D eigenvalue weighted by Gasteiger charge is 2.20. The molecule has 0 aliphatic carbocycles. The second-order valence-corrected chi connectivity index (χ2v) is 4.94. The number of rotatable bonds is 4. The van der Waals surface area contributed by atoms with Gasteiger partial charge >= 0.3 is 6.09 Å². The topological polar surface area (TPSA) is 49.8 Å². The van der Waals surface area contributed by atoms with Gasteiger partial charge in [0, 0.05) is 0 Å². The van der Waals surface area contributed by atoms with E-state index in [1.54, 1.807) is 32.5 Å². The number of hydrogen-bond acceptors (Lipinski definition) is 4. The van der Waals surface area contributed by atoms with Gasteiger partial charge in [-0.05, 0) is 39.2 Å². The van der Waals surface area contributed by atoms with E-state index in [1.807, 2.05) is 6.26 Å². The predicted octanol–water partition coefficient (Wildman–Crippen LogP) is 2.37. The molecule has 0 saturated carbocycles. The molecule has 5 heteroatoms. The van der Waals surface area contributed by atoms with Gasteiger partial charge in [0.2, 0.25) is 0 Å². The Morgan fingerprint density at radius 2 is 2.07 bits per heavy atom. The van der Waals surface area contributed by atoms with Crippen molar-refractivity contribution in [2.24, 2.45) is 0 Å². The van der Waals surface area contributed by atoms with Gasteiger partial charge < -0.3 is 4.74 Å². The highest BCUT2D eigenvalue weighted by molar-refractivity contribution is 7.98. The van der Waals surface area contributed by atoms with E-state index in [0.717, 1.165) is 12.2 Å². The summed E-state index contributed by atoms with van der Waals surface area (Å²) in [5.41, 5.74) is -0.558. The van der Waals surface area contributed by atoms with Gasteiger partial charge in [0.05, 0.1) is 6.54 Å². The standard InChI is InChI=1S/C9H19NO3S/c1-9(2,3)13-8(11)10(12)6-5-7-14-4/h12H,5-7H2,1-4H3. The van der Waals surface area contributed by atoms with Crippen LogP contribution < -0.4 is 0 Å². The molecule has 0 aliphatic rings. The molecule has 0 atom stereocenters. The molecule has 0 spiro atoms. The van der Waals surface area contributed by atoms with Gasteiger partial charge in [0.15, 0.2) is 0 Å². The average molecular weight is 221 g/mol. The Balaban J connectivity index is 3.77. The maximum absolute atomic E-state index is 11.2. The molecule has 0 radical (unpaired) electrons. The molecule has 1 N–H and O–H groups in total. The van der Waals surface area contributed by atoms with Gasteiger partial charge in [0.25, 0.3) is 0 Å². The van der Waals surface area contributed by atoms with Crippen LogP contribution in [-0.2, 0) is 4.74 Å². The maximum atomic E-state index is 11.2. The van der Waals surface area contributed by atoms with Crippen LogP contribution >= 0.6 is 11.8 Å². The Morgan fingerprint density at radius 1 is 1.50 bits per heavy atom. The molecule has 0 aromatic heterocycles. The molecule has 14 heavy (non-hydrogen) atoms. The van der Waals surface area contributed by atoms with Crippen LogP contribution in [0.1, 0.15) is 27.2 Å². The first-order valence-corrected chi connectivity index (χ1v) is 5.94. The van der Waals surface area contributed by atoms with Crippen LogP contribution in [0.25, 0.3) is 0 Å². The fourth-order valence-electron chi connectivity index (χ4n) is 0.765. The van der Waals surface area contributed by atoms with E-state index in [4.69, 9.17) is 4.74 Å². The first-order valence-electron chi connectivity index (χ1n) is 4.55. The SMILES string of the molecule is CSCCCN(O)C(=O)OC(C)(C)C. The molecule has 84 valence electrons. The van der Waals surface area contributed by atoms with E-state index in [9.17, 15) is 10.0 Å². The lowest BCUT2D eigenvalue weighted by atomic mass is 10.2. The van der Waals surface area contributed by atoms with Crippen LogP contribution in [0.5, 0.6) is 0 Å². The van der Waals surface area contributed by atoms with E-state index in [2.05, 4.69) is 0 Å². The van der Waals surface area contributed by atoms with Crippen LogP contribution in [0.15, 0.2) is 0 Å². The van der Waals surface area contributed by atoms with Crippen molar-refractivity contribution in [3.05, 3.63) is 0 Å². The number of thioether (sulfide) groups is 1. The summed E-state index contributed by atoms with van der Waals surface area (Å²) in [5, 5.41) is 9.88.